The molecule has 1 atom stereocenters. The number of nitrogens with zero attached hydrogens (tertiary/aromatic N) is 2. The van der Waals surface area contributed by atoms with Crippen LogP contribution >= 0.6 is 11.3 Å². The zero-order valence-electron chi connectivity index (χ0n) is 13.0. The van der Waals surface area contributed by atoms with Crippen molar-refractivity contribution in [3.05, 3.63) is 21.9 Å². The summed E-state index contributed by atoms with van der Waals surface area (Å²) in [4.78, 5) is 30.6. The van der Waals surface area contributed by atoms with Gasteiger partial charge in [-0.25, -0.2) is 0 Å². The number of carbonyl (C=O) groups excluding carboxylic acids is 2. The molecule has 2 fully saturated rings. The molecule has 120 valence electrons. The van der Waals surface area contributed by atoms with Crippen LogP contribution in [0.2, 0.25) is 0 Å². The van der Waals surface area contributed by atoms with Crippen LogP contribution in [0.3, 0.4) is 0 Å². The predicted octanol–water partition coefficient (Wildman–Crippen LogP) is 1.23. The fraction of sp³-hybridized carbons (Fsp3) is 0.625. The predicted molar refractivity (Wildman–Crippen MR) is 86.7 cm³/mol. The van der Waals surface area contributed by atoms with E-state index in [1.165, 1.54) is 22.6 Å². The largest absolute Gasteiger partial charge is 0.345 e. The first kappa shape index (κ1) is 15.5. The van der Waals surface area contributed by atoms with Crippen molar-refractivity contribution < 1.29 is 9.59 Å². The van der Waals surface area contributed by atoms with Gasteiger partial charge in [0.25, 0.3) is 0 Å². The van der Waals surface area contributed by atoms with Crippen LogP contribution in [-0.4, -0.2) is 53.8 Å². The van der Waals surface area contributed by atoms with E-state index < -0.39 is 0 Å². The molecule has 0 spiro atoms. The minimum absolute atomic E-state index is 0.0147. The molecule has 3 rings (SSSR count). The van der Waals surface area contributed by atoms with Gasteiger partial charge in [-0.2, -0.15) is 0 Å². The third-order valence-electron chi connectivity index (χ3n) is 4.37. The molecule has 0 aromatic carbocycles. The molecule has 22 heavy (non-hydrogen) atoms. The topological polar surface area (TPSA) is 52.6 Å². The van der Waals surface area contributed by atoms with Gasteiger partial charge in [-0.1, -0.05) is 13.3 Å². The Kier molecular flexibility index (Phi) is 4.78. The number of unbranched alkanes of at least 4 members (excludes halogenated alkanes) is 1. The summed E-state index contributed by atoms with van der Waals surface area (Å²) in [5, 5.41) is 2.69. The first-order chi connectivity index (χ1) is 10.7. The van der Waals surface area contributed by atoms with Crippen LogP contribution in [-0.2, 0) is 22.6 Å². The van der Waals surface area contributed by atoms with Gasteiger partial charge in [0.15, 0.2) is 0 Å². The van der Waals surface area contributed by atoms with Crippen molar-refractivity contribution in [2.45, 2.75) is 38.8 Å². The average Bonchev–Trinajstić information content (AvgIpc) is 2.96. The maximum Gasteiger partial charge on any atom is 0.244 e. The van der Waals surface area contributed by atoms with Crippen LogP contribution < -0.4 is 5.32 Å². The molecule has 2 aliphatic heterocycles. The van der Waals surface area contributed by atoms with E-state index in [0.29, 0.717) is 13.1 Å². The van der Waals surface area contributed by atoms with E-state index in [4.69, 9.17) is 0 Å². The number of hydrogen-bond acceptors (Lipinski definition) is 4. The number of amides is 2. The Morgan fingerprint density at radius 1 is 1.27 bits per heavy atom. The van der Waals surface area contributed by atoms with Gasteiger partial charge >= 0.3 is 0 Å². The van der Waals surface area contributed by atoms with Crippen LogP contribution in [0.15, 0.2) is 12.1 Å². The lowest BCUT2D eigenvalue weighted by Gasteiger charge is -2.42. The minimum atomic E-state index is -0.311. The molecular weight excluding hydrogens is 298 g/mol. The maximum absolute atomic E-state index is 12.0. The van der Waals surface area contributed by atoms with Crippen molar-refractivity contribution in [1.82, 2.24) is 15.1 Å². The maximum atomic E-state index is 12.0. The van der Waals surface area contributed by atoms with E-state index in [2.05, 4.69) is 29.3 Å². The number of thiophene rings is 1. The van der Waals surface area contributed by atoms with Crippen LogP contribution in [0.1, 0.15) is 29.5 Å². The molecule has 1 aromatic rings. The lowest BCUT2D eigenvalue weighted by molar-refractivity contribution is -0.149. The Morgan fingerprint density at radius 3 is 2.91 bits per heavy atom. The van der Waals surface area contributed by atoms with Gasteiger partial charge in [0.05, 0.1) is 6.54 Å². The summed E-state index contributed by atoms with van der Waals surface area (Å²) in [6.07, 6.45) is 3.62. The Labute approximate surface area is 135 Å². The van der Waals surface area contributed by atoms with E-state index in [0.717, 1.165) is 19.5 Å². The molecule has 0 saturated carbocycles. The van der Waals surface area contributed by atoms with Crippen molar-refractivity contribution in [3.63, 3.8) is 0 Å². The summed E-state index contributed by atoms with van der Waals surface area (Å²) in [5.74, 6) is 0.0290. The molecule has 1 aromatic heterocycles. The molecule has 2 aliphatic rings. The van der Waals surface area contributed by atoms with Gasteiger partial charge in [-0.15, -0.1) is 11.3 Å². The summed E-state index contributed by atoms with van der Waals surface area (Å²) in [6.45, 7) is 5.39. The molecule has 6 heteroatoms. The fourth-order valence-corrected chi connectivity index (χ4v) is 4.20. The first-order valence-corrected chi connectivity index (χ1v) is 8.86. The highest BCUT2D eigenvalue weighted by atomic mass is 32.1. The third-order valence-corrected chi connectivity index (χ3v) is 5.50. The number of aryl methyl sites for hydroxylation is 1. The molecule has 0 aliphatic carbocycles. The molecule has 3 heterocycles. The van der Waals surface area contributed by atoms with Gasteiger partial charge < -0.3 is 10.2 Å². The Morgan fingerprint density at radius 2 is 2.09 bits per heavy atom. The van der Waals surface area contributed by atoms with E-state index >= 15 is 0 Å². The summed E-state index contributed by atoms with van der Waals surface area (Å²) < 4.78 is 0. The van der Waals surface area contributed by atoms with Gasteiger partial charge in [0.1, 0.15) is 6.04 Å². The second kappa shape index (κ2) is 6.79. The van der Waals surface area contributed by atoms with Gasteiger partial charge in [-0.3, -0.25) is 14.5 Å². The summed E-state index contributed by atoms with van der Waals surface area (Å²) in [7, 11) is 0. The highest BCUT2D eigenvalue weighted by Crippen LogP contribution is 2.22. The second-order valence-electron chi connectivity index (χ2n) is 6.03. The van der Waals surface area contributed by atoms with Crippen LogP contribution in [0.4, 0.5) is 0 Å². The summed E-state index contributed by atoms with van der Waals surface area (Å²) in [6, 6.07) is 4.12. The molecule has 0 radical (unpaired) electrons. The SMILES string of the molecule is CCCCc1ccc(CN2CCN3C(=O)CNC(=O)[C@H]3C2)s1. The van der Waals surface area contributed by atoms with Crippen molar-refractivity contribution >= 4 is 23.2 Å². The number of rotatable bonds is 5. The number of nitrogens with one attached hydrogen (secondary N) is 1. The molecule has 0 unspecified atom stereocenters. The number of piperazine rings is 2. The smallest absolute Gasteiger partial charge is 0.244 e. The van der Waals surface area contributed by atoms with Gasteiger partial charge in [0.2, 0.25) is 11.8 Å². The van der Waals surface area contributed by atoms with E-state index in [1.807, 2.05) is 11.3 Å². The monoisotopic (exact) mass is 321 g/mol. The Hall–Kier alpha value is -1.40. The molecule has 0 bridgehead atoms. The van der Waals surface area contributed by atoms with Crippen LogP contribution in [0, 0.1) is 0 Å². The zero-order valence-corrected chi connectivity index (χ0v) is 13.8. The van der Waals surface area contributed by atoms with Gasteiger partial charge in [-0.05, 0) is 25.0 Å². The van der Waals surface area contributed by atoms with E-state index in [1.54, 1.807) is 4.90 Å². The Balaban J connectivity index is 1.59. The second-order valence-corrected chi connectivity index (χ2v) is 7.28. The molecule has 2 amide bonds. The van der Waals surface area contributed by atoms with Crippen molar-refractivity contribution in [2.24, 2.45) is 0 Å². The minimum Gasteiger partial charge on any atom is -0.345 e. The average molecular weight is 321 g/mol. The Bertz CT molecular complexity index is 557. The highest BCUT2D eigenvalue weighted by Gasteiger charge is 2.38. The van der Waals surface area contributed by atoms with Crippen LogP contribution in [0.25, 0.3) is 0 Å². The molecular formula is C16H23N3O2S. The molecule has 1 N–H and O–H groups in total. The highest BCUT2D eigenvalue weighted by molar-refractivity contribution is 7.11. The summed E-state index contributed by atoms with van der Waals surface area (Å²) in [5.41, 5.74) is 0. The van der Waals surface area contributed by atoms with Crippen molar-refractivity contribution in [2.75, 3.05) is 26.2 Å². The third kappa shape index (κ3) is 3.33. The normalized spacial score (nSPS) is 22.6. The number of carbonyl (C=O) groups is 2. The lowest BCUT2D eigenvalue weighted by Crippen LogP contribution is -2.65. The van der Waals surface area contributed by atoms with E-state index in [9.17, 15) is 9.59 Å². The number of fused-ring (bicyclic) bond motifs is 1. The van der Waals surface area contributed by atoms with Crippen LogP contribution in [0.5, 0.6) is 0 Å². The van der Waals surface area contributed by atoms with Crippen molar-refractivity contribution in [1.29, 1.82) is 0 Å². The standard InChI is InChI=1S/C16H23N3O2S/c1-2-3-4-12-5-6-13(22-12)10-18-7-8-19-14(11-18)16(21)17-9-15(19)20/h5-6,14H,2-4,7-11H2,1H3,(H,17,21)/t14-/m1/s1. The fourth-order valence-electron chi connectivity index (χ4n) is 3.10. The first-order valence-electron chi connectivity index (χ1n) is 8.04. The summed E-state index contributed by atoms with van der Waals surface area (Å²) >= 11 is 1.87. The molecule has 5 nitrogen and oxygen atoms in total. The van der Waals surface area contributed by atoms with Gasteiger partial charge in [0, 0.05) is 35.9 Å². The van der Waals surface area contributed by atoms with Crippen molar-refractivity contribution in [3.8, 4) is 0 Å². The molecule has 2 saturated heterocycles. The quantitative estimate of drug-likeness (QED) is 0.887. The zero-order chi connectivity index (χ0) is 15.5. The number of hydrogen-bond donors (Lipinski definition) is 1. The lowest BCUT2D eigenvalue weighted by atomic mass is 10.1. The van der Waals surface area contributed by atoms with E-state index in [-0.39, 0.29) is 24.4 Å².